The molecule has 1 aromatic rings. The lowest BCUT2D eigenvalue weighted by atomic mass is 10.3. The normalized spacial score (nSPS) is 10.0. The first-order valence-electron chi connectivity index (χ1n) is 3.96. The number of hydrogen-bond acceptors (Lipinski definition) is 5. The standard InChI is InChI=1S/C7H8BrN3O4/c1-15-7(12)6-5(11(13)14)4-9-10(6)3-2-8/h4H,2-3H2,1H3. The molecule has 0 saturated heterocycles. The number of aromatic nitrogens is 2. The molecule has 0 amide bonds. The molecule has 1 heterocycles. The van der Waals surface area contributed by atoms with E-state index in [1.165, 1.54) is 4.68 Å². The molecule has 0 aliphatic heterocycles. The molecule has 0 radical (unpaired) electrons. The summed E-state index contributed by atoms with van der Waals surface area (Å²) in [6.45, 7) is 0.359. The van der Waals surface area contributed by atoms with Gasteiger partial charge in [-0.15, -0.1) is 0 Å². The molecule has 0 saturated carbocycles. The van der Waals surface area contributed by atoms with Gasteiger partial charge < -0.3 is 4.74 Å². The van der Waals surface area contributed by atoms with E-state index in [4.69, 9.17) is 0 Å². The summed E-state index contributed by atoms with van der Waals surface area (Å²) in [4.78, 5) is 21.2. The van der Waals surface area contributed by atoms with E-state index in [0.29, 0.717) is 11.9 Å². The summed E-state index contributed by atoms with van der Waals surface area (Å²) in [7, 11) is 1.16. The Morgan fingerprint density at radius 3 is 2.93 bits per heavy atom. The number of rotatable bonds is 4. The van der Waals surface area contributed by atoms with Crippen LogP contribution in [0.15, 0.2) is 6.20 Å². The molecule has 1 aromatic heterocycles. The Kier molecular flexibility index (Phi) is 3.78. The number of nitro groups is 1. The Hall–Kier alpha value is -1.44. The Balaban J connectivity index is 3.19. The van der Waals surface area contributed by atoms with Crippen molar-refractivity contribution in [1.82, 2.24) is 9.78 Å². The highest BCUT2D eigenvalue weighted by Crippen LogP contribution is 2.18. The minimum Gasteiger partial charge on any atom is -0.464 e. The van der Waals surface area contributed by atoms with Gasteiger partial charge in [0, 0.05) is 5.33 Å². The number of aryl methyl sites for hydroxylation is 1. The topological polar surface area (TPSA) is 87.3 Å². The number of hydrogen-bond donors (Lipinski definition) is 0. The maximum absolute atomic E-state index is 11.3. The largest absolute Gasteiger partial charge is 0.464 e. The number of ether oxygens (including phenoxy) is 1. The highest BCUT2D eigenvalue weighted by molar-refractivity contribution is 9.09. The molecule has 7 nitrogen and oxygen atoms in total. The number of nitrogens with zero attached hydrogens (tertiary/aromatic N) is 3. The van der Waals surface area contributed by atoms with E-state index < -0.39 is 10.9 Å². The molecule has 0 N–H and O–H groups in total. The van der Waals surface area contributed by atoms with Crippen LogP contribution in [0, 0.1) is 10.1 Å². The Morgan fingerprint density at radius 2 is 2.47 bits per heavy atom. The Labute approximate surface area is 93.3 Å². The highest BCUT2D eigenvalue weighted by Gasteiger charge is 2.27. The minimum atomic E-state index is -0.764. The predicted octanol–water partition coefficient (Wildman–Crippen LogP) is 0.973. The quantitative estimate of drug-likeness (QED) is 0.354. The van der Waals surface area contributed by atoms with Gasteiger partial charge >= 0.3 is 11.7 Å². The molecule has 1 rings (SSSR count). The lowest BCUT2D eigenvalue weighted by Crippen LogP contribution is -2.14. The number of carbonyl (C=O) groups is 1. The monoisotopic (exact) mass is 277 g/mol. The van der Waals surface area contributed by atoms with E-state index in [1.807, 2.05) is 0 Å². The van der Waals surface area contributed by atoms with E-state index in [1.54, 1.807) is 0 Å². The lowest BCUT2D eigenvalue weighted by molar-refractivity contribution is -0.385. The Bertz CT molecular complexity index is 390. The van der Waals surface area contributed by atoms with Gasteiger partial charge in [-0.3, -0.25) is 14.8 Å². The zero-order chi connectivity index (χ0) is 11.4. The van der Waals surface area contributed by atoms with Crippen LogP contribution in [0.1, 0.15) is 10.5 Å². The van der Waals surface area contributed by atoms with Crippen molar-refractivity contribution < 1.29 is 14.5 Å². The lowest BCUT2D eigenvalue weighted by Gasteiger charge is -2.02. The van der Waals surface area contributed by atoms with Crippen molar-refractivity contribution in [2.24, 2.45) is 0 Å². The fourth-order valence-corrected chi connectivity index (χ4v) is 1.40. The van der Waals surface area contributed by atoms with Gasteiger partial charge in [-0.25, -0.2) is 4.79 Å². The molecule has 0 aromatic carbocycles. The number of halogens is 1. The second-order valence-electron chi connectivity index (χ2n) is 2.54. The zero-order valence-electron chi connectivity index (χ0n) is 7.84. The third-order valence-corrected chi connectivity index (χ3v) is 2.05. The second kappa shape index (κ2) is 4.87. The van der Waals surface area contributed by atoms with Gasteiger partial charge in [-0.05, 0) is 0 Å². The molecule has 0 unspecified atom stereocenters. The molecule has 15 heavy (non-hydrogen) atoms. The third kappa shape index (κ3) is 2.32. The van der Waals surface area contributed by atoms with Crippen molar-refractivity contribution in [3.05, 3.63) is 22.0 Å². The van der Waals surface area contributed by atoms with Crippen molar-refractivity contribution in [2.75, 3.05) is 12.4 Å². The van der Waals surface area contributed by atoms with Crippen LogP contribution in [0.4, 0.5) is 5.69 Å². The fraction of sp³-hybridized carbons (Fsp3) is 0.429. The van der Waals surface area contributed by atoms with E-state index in [2.05, 4.69) is 25.8 Å². The average molecular weight is 278 g/mol. The van der Waals surface area contributed by atoms with Crippen LogP contribution in [0.25, 0.3) is 0 Å². The van der Waals surface area contributed by atoms with Gasteiger partial charge in [-0.2, -0.15) is 5.10 Å². The molecule has 0 atom stereocenters. The van der Waals surface area contributed by atoms with Crippen molar-refractivity contribution in [2.45, 2.75) is 6.54 Å². The van der Waals surface area contributed by atoms with Gasteiger partial charge in [0.1, 0.15) is 6.20 Å². The first kappa shape index (κ1) is 11.6. The van der Waals surface area contributed by atoms with E-state index >= 15 is 0 Å². The van der Waals surface area contributed by atoms with E-state index in [-0.39, 0.29) is 11.4 Å². The third-order valence-electron chi connectivity index (χ3n) is 1.69. The van der Waals surface area contributed by atoms with Crippen LogP contribution in [0.3, 0.4) is 0 Å². The van der Waals surface area contributed by atoms with Crippen LogP contribution in [-0.4, -0.2) is 33.1 Å². The Morgan fingerprint density at radius 1 is 1.80 bits per heavy atom. The second-order valence-corrected chi connectivity index (χ2v) is 3.33. The minimum absolute atomic E-state index is 0.137. The van der Waals surface area contributed by atoms with Gasteiger partial charge in [0.2, 0.25) is 5.69 Å². The van der Waals surface area contributed by atoms with Crippen LogP contribution in [-0.2, 0) is 11.3 Å². The molecule has 0 fully saturated rings. The number of esters is 1. The molecule has 0 bridgehead atoms. The molecule has 82 valence electrons. The molecule has 8 heteroatoms. The van der Waals surface area contributed by atoms with Crippen molar-refractivity contribution >= 4 is 27.6 Å². The van der Waals surface area contributed by atoms with Crippen LogP contribution < -0.4 is 0 Å². The van der Waals surface area contributed by atoms with E-state index in [0.717, 1.165) is 13.3 Å². The smallest absolute Gasteiger partial charge is 0.363 e. The molecule has 0 aliphatic rings. The van der Waals surface area contributed by atoms with Crippen LogP contribution in [0.2, 0.25) is 0 Å². The fourth-order valence-electron chi connectivity index (χ4n) is 1.07. The highest BCUT2D eigenvalue weighted by atomic mass is 79.9. The van der Waals surface area contributed by atoms with E-state index in [9.17, 15) is 14.9 Å². The summed E-state index contributed by atoms with van der Waals surface area (Å²) in [6, 6.07) is 0. The summed E-state index contributed by atoms with van der Waals surface area (Å²) < 4.78 is 5.69. The summed E-state index contributed by atoms with van der Waals surface area (Å²) >= 11 is 3.15. The predicted molar refractivity (Wildman–Crippen MR) is 54.0 cm³/mol. The van der Waals surface area contributed by atoms with Gasteiger partial charge in [0.25, 0.3) is 0 Å². The van der Waals surface area contributed by atoms with Gasteiger partial charge in [0.15, 0.2) is 0 Å². The van der Waals surface area contributed by atoms with Gasteiger partial charge in [0.05, 0.1) is 18.6 Å². The summed E-state index contributed by atoms with van der Waals surface area (Å²) in [6.07, 6.45) is 1.04. The first-order valence-corrected chi connectivity index (χ1v) is 5.08. The van der Waals surface area contributed by atoms with Crippen molar-refractivity contribution in [1.29, 1.82) is 0 Å². The number of methoxy groups -OCH3 is 1. The molecule has 0 aliphatic carbocycles. The maximum Gasteiger partial charge on any atom is 0.363 e. The average Bonchev–Trinajstić information content (AvgIpc) is 2.61. The first-order chi connectivity index (χ1) is 7.11. The van der Waals surface area contributed by atoms with Gasteiger partial charge in [-0.1, -0.05) is 15.9 Å². The zero-order valence-corrected chi connectivity index (χ0v) is 9.43. The summed E-state index contributed by atoms with van der Waals surface area (Å²) in [5.41, 5.74) is -0.482. The van der Waals surface area contributed by atoms with Crippen molar-refractivity contribution in [3.63, 3.8) is 0 Å². The molecular weight excluding hydrogens is 270 g/mol. The summed E-state index contributed by atoms with van der Waals surface area (Å²) in [5.74, 6) is -0.764. The SMILES string of the molecule is COC(=O)c1c([N+](=O)[O-])cnn1CCBr. The van der Waals surface area contributed by atoms with Crippen LogP contribution >= 0.6 is 15.9 Å². The maximum atomic E-state index is 11.3. The number of carbonyl (C=O) groups excluding carboxylic acids is 1. The molecule has 0 spiro atoms. The summed E-state index contributed by atoms with van der Waals surface area (Å²) in [5, 5.41) is 14.9. The molecular formula is C7H8BrN3O4. The number of alkyl halides is 1. The van der Waals surface area contributed by atoms with Crippen molar-refractivity contribution in [3.8, 4) is 0 Å². The van der Waals surface area contributed by atoms with Crippen LogP contribution in [0.5, 0.6) is 0 Å².